The maximum atomic E-state index is 12.8. The zero-order chi connectivity index (χ0) is 15.1. The van der Waals surface area contributed by atoms with Crippen molar-refractivity contribution in [3.05, 3.63) is 35.6 Å². The first-order valence-corrected chi connectivity index (χ1v) is 6.36. The third kappa shape index (κ3) is 5.79. The highest BCUT2D eigenvalue weighted by atomic mass is 19.1. The molecule has 0 fully saturated rings. The maximum absolute atomic E-state index is 12.8. The summed E-state index contributed by atoms with van der Waals surface area (Å²) in [5, 5.41) is 8.90. The molecule has 0 spiro atoms. The first-order chi connectivity index (χ1) is 9.38. The van der Waals surface area contributed by atoms with Gasteiger partial charge >= 0.3 is 5.97 Å². The predicted molar refractivity (Wildman–Crippen MR) is 72.5 cm³/mol. The number of hydrogen-bond acceptors (Lipinski definition) is 3. The first kappa shape index (κ1) is 16.1. The van der Waals surface area contributed by atoms with Gasteiger partial charge in [0, 0.05) is 13.1 Å². The standard InChI is InChI=1S/C14H19FN2O3/c1-10(14(19)20)8-17(9-13(16)18)7-6-11-2-4-12(15)5-3-11/h2-5,10H,6-9H2,1H3,(H2,16,18)(H,19,20). The summed E-state index contributed by atoms with van der Waals surface area (Å²) in [4.78, 5) is 23.5. The molecule has 0 saturated carbocycles. The van der Waals surface area contributed by atoms with E-state index in [0.29, 0.717) is 13.0 Å². The fraction of sp³-hybridized carbons (Fsp3) is 0.429. The monoisotopic (exact) mass is 282 g/mol. The lowest BCUT2D eigenvalue weighted by Crippen LogP contribution is -2.39. The molecule has 0 bridgehead atoms. The second kappa shape index (κ2) is 7.59. The van der Waals surface area contributed by atoms with Crippen LogP contribution >= 0.6 is 0 Å². The van der Waals surface area contributed by atoms with Crippen LogP contribution in [0.5, 0.6) is 0 Å². The molecule has 3 N–H and O–H groups in total. The summed E-state index contributed by atoms with van der Waals surface area (Å²) in [6.45, 7) is 2.33. The van der Waals surface area contributed by atoms with E-state index in [2.05, 4.69) is 0 Å². The van der Waals surface area contributed by atoms with Gasteiger partial charge in [0.2, 0.25) is 5.91 Å². The van der Waals surface area contributed by atoms with Gasteiger partial charge in [0.05, 0.1) is 12.5 Å². The summed E-state index contributed by atoms with van der Waals surface area (Å²) < 4.78 is 12.8. The van der Waals surface area contributed by atoms with Gasteiger partial charge in [-0.2, -0.15) is 0 Å². The number of amides is 1. The highest BCUT2D eigenvalue weighted by Gasteiger charge is 2.17. The molecule has 20 heavy (non-hydrogen) atoms. The minimum atomic E-state index is -0.916. The van der Waals surface area contributed by atoms with Crippen LogP contribution < -0.4 is 5.73 Å². The van der Waals surface area contributed by atoms with Crippen molar-refractivity contribution in [2.75, 3.05) is 19.6 Å². The Labute approximate surface area is 117 Å². The minimum Gasteiger partial charge on any atom is -0.481 e. The Balaban J connectivity index is 2.57. The number of carboxylic acids is 1. The molecule has 0 aliphatic heterocycles. The number of nitrogens with two attached hydrogens (primary N) is 1. The molecular weight excluding hydrogens is 263 g/mol. The third-order valence-electron chi connectivity index (χ3n) is 2.96. The Kier molecular flexibility index (Phi) is 6.11. The zero-order valence-electron chi connectivity index (χ0n) is 11.4. The smallest absolute Gasteiger partial charge is 0.307 e. The molecule has 1 unspecified atom stereocenters. The minimum absolute atomic E-state index is 0.0127. The summed E-state index contributed by atoms with van der Waals surface area (Å²) in [7, 11) is 0. The van der Waals surface area contributed by atoms with E-state index in [1.165, 1.54) is 12.1 Å². The van der Waals surface area contributed by atoms with Crippen molar-refractivity contribution < 1.29 is 19.1 Å². The highest BCUT2D eigenvalue weighted by Crippen LogP contribution is 2.06. The summed E-state index contributed by atoms with van der Waals surface area (Å²) in [6.07, 6.45) is 0.597. The fourth-order valence-corrected chi connectivity index (χ4v) is 1.86. The number of benzene rings is 1. The normalized spacial score (nSPS) is 12.3. The SMILES string of the molecule is CC(CN(CCc1ccc(F)cc1)CC(N)=O)C(=O)O. The second-order valence-corrected chi connectivity index (χ2v) is 4.82. The zero-order valence-corrected chi connectivity index (χ0v) is 11.4. The molecule has 0 heterocycles. The second-order valence-electron chi connectivity index (χ2n) is 4.82. The van der Waals surface area contributed by atoms with Crippen molar-refractivity contribution in [2.45, 2.75) is 13.3 Å². The molecule has 1 atom stereocenters. The van der Waals surface area contributed by atoms with Crippen LogP contribution in [0.4, 0.5) is 4.39 Å². The first-order valence-electron chi connectivity index (χ1n) is 6.36. The van der Waals surface area contributed by atoms with Crippen LogP contribution in [0.2, 0.25) is 0 Å². The summed E-state index contributed by atoms with van der Waals surface area (Å²) in [6, 6.07) is 6.07. The number of carbonyl (C=O) groups is 2. The van der Waals surface area contributed by atoms with Crippen LogP contribution in [-0.2, 0) is 16.0 Å². The van der Waals surface area contributed by atoms with Crippen molar-refractivity contribution >= 4 is 11.9 Å². The van der Waals surface area contributed by atoms with Crippen molar-refractivity contribution in [3.8, 4) is 0 Å². The summed E-state index contributed by atoms with van der Waals surface area (Å²) in [5.74, 6) is -2.30. The van der Waals surface area contributed by atoms with Crippen molar-refractivity contribution in [3.63, 3.8) is 0 Å². The van der Waals surface area contributed by atoms with Gasteiger partial charge in [-0.1, -0.05) is 19.1 Å². The lowest BCUT2D eigenvalue weighted by molar-refractivity contribution is -0.142. The molecule has 0 aliphatic rings. The van der Waals surface area contributed by atoms with E-state index in [0.717, 1.165) is 5.56 Å². The highest BCUT2D eigenvalue weighted by molar-refractivity contribution is 5.76. The molecular formula is C14H19FN2O3. The quantitative estimate of drug-likeness (QED) is 0.741. The average Bonchev–Trinajstić information content (AvgIpc) is 2.37. The molecule has 1 aromatic rings. The molecule has 1 rings (SSSR count). The molecule has 0 aliphatic carbocycles. The van der Waals surface area contributed by atoms with E-state index in [1.807, 2.05) is 0 Å². The van der Waals surface area contributed by atoms with E-state index >= 15 is 0 Å². The van der Waals surface area contributed by atoms with Gasteiger partial charge in [-0.05, 0) is 24.1 Å². The van der Waals surface area contributed by atoms with Gasteiger partial charge in [-0.3, -0.25) is 14.5 Å². The van der Waals surface area contributed by atoms with Crippen LogP contribution in [0.1, 0.15) is 12.5 Å². The van der Waals surface area contributed by atoms with Crippen molar-refractivity contribution in [2.24, 2.45) is 11.7 Å². The van der Waals surface area contributed by atoms with Gasteiger partial charge in [0.1, 0.15) is 5.82 Å². The Morgan fingerprint density at radius 2 is 1.95 bits per heavy atom. The van der Waals surface area contributed by atoms with E-state index < -0.39 is 17.8 Å². The Morgan fingerprint density at radius 3 is 2.45 bits per heavy atom. The van der Waals surface area contributed by atoms with E-state index in [9.17, 15) is 14.0 Å². The fourth-order valence-electron chi connectivity index (χ4n) is 1.86. The molecule has 110 valence electrons. The topological polar surface area (TPSA) is 83.6 Å². The lowest BCUT2D eigenvalue weighted by atomic mass is 10.1. The Bertz CT molecular complexity index is 462. The number of carboxylic acid groups (broad SMARTS) is 1. The number of aliphatic carboxylic acids is 1. The van der Waals surface area contributed by atoms with E-state index in [4.69, 9.17) is 10.8 Å². The van der Waals surface area contributed by atoms with Gasteiger partial charge in [-0.15, -0.1) is 0 Å². The largest absolute Gasteiger partial charge is 0.481 e. The van der Waals surface area contributed by atoms with Gasteiger partial charge in [0.15, 0.2) is 0 Å². The van der Waals surface area contributed by atoms with E-state index in [-0.39, 0.29) is 18.9 Å². The molecule has 1 aromatic carbocycles. The summed E-state index contributed by atoms with van der Waals surface area (Å²) in [5.41, 5.74) is 6.08. The van der Waals surface area contributed by atoms with Gasteiger partial charge < -0.3 is 10.8 Å². The van der Waals surface area contributed by atoms with Crippen LogP contribution in [0.3, 0.4) is 0 Å². The van der Waals surface area contributed by atoms with Crippen molar-refractivity contribution in [1.82, 2.24) is 4.90 Å². The van der Waals surface area contributed by atoms with Crippen molar-refractivity contribution in [1.29, 1.82) is 0 Å². The average molecular weight is 282 g/mol. The molecule has 1 amide bonds. The third-order valence-corrected chi connectivity index (χ3v) is 2.96. The lowest BCUT2D eigenvalue weighted by Gasteiger charge is -2.22. The molecule has 0 radical (unpaired) electrons. The number of hydrogen-bond donors (Lipinski definition) is 2. The number of nitrogens with zero attached hydrogens (tertiary/aromatic N) is 1. The van der Waals surface area contributed by atoms with Crippen LogP contribution in [0.15, 0.2) is 24.3 Å². The number of primary amides is 1. The molecule has 6 heteroatoms. The number of rotatable bonds is 8. The van der Waals surface area contributed by atoms with Gasteiger partial charge in [0.25, 0.3) is 0 Å². The van der Waals surface area contributed by atoms with Crippen LogP contribution in [-0.4, -0.2) is 41.5 Å². The maximum Gasteiger partial charge on any atom is 0.307 e. The van der Waals surface area contributed by atoms with E-state index in [1.54, 1.807) is 24.0 Å². The molecule has 5 nitrogen and oxygen atoms in total. The molecule has 0 saturated heterocycles. The predicted octanol–water partition coefficient (Wildman–Crippen LogP) is 0.876. The Morgan fingerprint density at radius 1 is 1.35 bits per heavy atom. The van der Waals surface area contributed by atoms with Gasteiger partial charge in [-0.25, -0.2) is 4.39 Å². The van der Waals surface area contributed by atoms with Crippen LogP contribution in [0, 0.1) is 11.7 Å². The number of halogens is 1. The Hall–Kier alpha value is -1.95. The molecule has 0 aromatic heterocycles. The summed E-state index contributed by atoms with van der Waals surface area (Å²) >= 11 is 0. The number of carbonyl (C=O) groups excluding carboxylic acids is 1. The van der Waals surface area contributed by atoms with Crippen LogP contribution in [0.25, 0.3) is 0 Å².